The lowest BCUT2D eigenvalue weighted by Crippen LogP contribution is -1.98. The molecule has 2 rings (SSSR count). The molecular formula is C7H9NO3. The average molecular weight is 155 g/mol. The molecule has 1 fully saturated rings. The van der Waals surface area contributed by atoms with E-state index in [1.807, 2.05) is 6.92 Å². The largest absolute Gasteiger partial charge is 0.479 e. The van der Waals surface area contributed by atoms with E-state index in [1.54, 1.807) is 13.2 Å². The van der Waals surface area contributed by atoms with E-state index in [4.69, 9.17) is 14.0 Å². The fraction of sp³-hybridized carbons (Fsp3) is 0.571. The van der Waals surface area contributed by atoms with Gasteiger partial charge in [-0.25, -0.2) is 0 Å². The van der Waals surface area contributed by atoms with Gasteiger partial charge in [0.25, 0.3) is 5.88 Å². The van der Waals surface area contributed by atoms with E-state index >= 15 is 0 Å². The van der Waals surface area contributed by atoms with E-state index in [0.717, 1.165) is 5.76 Å². The van der Waals surface area contributed by atoms with Crippen molar-refractivity contribution in [3.8, 4) is 5.88 Å². The Morgan fingerprint density at radius 3 is 2.91 bits per heavy atom. The molecule has 11 heavy (non-hydrogen) atoms. The number of methoxy groups -OCH3 is 1. The number of hydrogen-bond donors (Lipinski definition) is 0. The molecule has 4 heteroatoms. The smallest absolute Gasteiger partial charge is 0.254 e. The summed E-state index contributed by atoms with van der Waals surface area (Å²) in [7, 11) is 1.55. The van der Waals surface area contributed by atoms with Crippen LogP contribution in [0.4, 0.5) is 0 Å². The third-order valence-corrected chi connectivity index (χ3v) is 1.80. The van der Waals surface area contributed by atoms with Gasteiger partial charge in [-0.2, -0.15) is 0 Å². The quantitative estimate of drug-likeness (QED) is 0.596. The van der Waals surface area contributed by atoms with Gasteiger partial charge in [-0.1, -0.05) is 0 Å². The van der Waals surface area contributed by atoms with Crippen molar-refractivity contribution in [1.82, 2.24) is 5.16 Å². The molecule has 0 spiro atoms. The molecule has 1 aliphatic rings. The van der Waals surface area contributed by atoms with E-state index in [2.05, 4.69) is 5.16 Å². The summed E-state index contributed by atoms with van der Waals surface area (Å²) in [6, 6.07) is 1.74. The Morgan fingerprint density at radius 2 is 2.45 bits per heavy atom. The molecule has 2 heterocycles. The van der Waals surface area contributed by atoms with Gasteiger partial charge in [-0.15, -0.1) is 0 Å². The third kappa shape index (κ3) is 0.991. The van der Waals surface area contributed by atoms with Crippen LogP contribution in [0.2, 0.25) is 0 Å². The van der Waals surface area contributed by atoms with Crippen LogP contribution in [0.25, 0.3) is 0 Å². The topological polar surface area (TPSA) is 47.8 Å². The zero-order valence-corrected chi connectivity index (χ0v) is 6.46. The predicted molar refractivity (Wildman–Crippen MR) is 36.4 cm³/mol. The molecule has 1 saturated heterocycles. The predicted octanol–water partition coefficient (Wildman–Crippen LogP) is 0.929. The first-order chi connectivity index (χ1) is 5.24. The molecule has 0 saturated carbocycles. The van der Waals surface area contributed by atoms with Gasteiger partial charge >= 0.3 is 0 Å². The van der Waals surface area contributed by atoms with Crippen LogP contribution in [-0.2, 0) is 10.3 Å². The first kappa shape index (κ1) is 6.67. The van der Waals surface area contributed by atoms with Gasteiger partial charge in [-0.05, 0) is 12.1 Å². The highest BCUT2D eigenvalue weighted by molar-refractivity contribution is 5.19. The Bertz CT molecular complexity index is 264. The van der Waals surface area contributed by atoms with Gasteiger partial charge in [0, 0.05) is 6.07 Å². The Balaban J connectivity index is 2.25. The van der Waals surface area contributed by atoms with Crippen LogP contribution < -0.4 is 4.74 Å². The first-order valence-corrected chi connectivity index (χ1v) is 3.40. The number of hydrogen-bond acceptors (Lipinski definition) is 4. The fourth-order valence-electron chi connectivity index (χ4n) is 0.855. The van der Waals surface area contributed by atoms with Gasteiger partial charge in [0.15, 0.2) is 5.76 Å². The first-order valence-electron chi connectivity index (χ1n) is 3.40. The van der Waals surface area contributed by atoms with Crippen molar-refractivity contribution in [2.75, 3.05) is 13.7 Å². The maximum Gasteiger partial charge on any atom is 0.254 e. The van der Waals surface area contributed by atoms with E-state index in [1.165, 1.54) is 0 Å². The highest BCUT2D eigenvalue weighted by Gasteiger charge is 2.45. The molecule has 0 amide bonds. The summed E-state index contributed by atoms with van der Waals surface area (Å²) in [4.78, 5) is 0. The molecule has 1 atom stereocenters. The molecule has 1 aliphatic heterocycles. The summed E-state index contributed by atoms with van der Waals surface area (Å²) in [6.45, 7) is 2.65. The molecule has 0 bridgehead atoms. The molecule has 4 nitrogen and oxygen atoms in total. The molecule has 1 aromatic rings. The number of ether oxygens (including phenoxy) is 2. The second-order valence-electron chi connectivity index (χ2n) is 2.75. The van der Waals surface area contributed by atoms with Gasteiger partial charge in [-0.3, -0.25) is 0 Å². The monoisotopic (exact) mass is 155 g/mol. The molecule has 0 aromatic carbocycles. The average Bonchev–Trinajstić information content (AvgIpc) is 2.61. The van der Waals surface area contributed by atoms with Crippen LogP contribution in [0.3, 0.4) is 0 Å². The van der Waals surface area contributed by atoms with Crippen LogP contribution in [0.1, 0.15) is 12.7 Å². The van der Waals surface area contributed by atoms with E-state index in [9.17, 15) is 0 Å². The van der Waals surface area contributed by atoms with Crippen molar-refractivity contribution < 1.29 is 14.0 Å². The van der Waals surface area contributed by atoms with Crippen molar-refractivity contribution in [3.63, 3.8) is 0 Å². The van der Waals surface area contributed by atoms with Gasteiger partial charge in [0.2, 0.25) is 0 Å². The minimum atomic E-state index is -0.246. The number of epoxide rings is 1. The van der Waals surface area contributed by atoms with Crippen molar-refractivity contribution in [2.45, 2.75) is 12.5 Å². The SMILES string of the molecule is COc1cc(C2(C)CO2)on1. The summed E-state index contributed by atoms with van der Waals surface area (Å²) in [5.74, 6) is 1.23. The minimum Gasteiger partial charge on any atom is -0.479 e. The van der Waals surface area contributed by atoms with Crippen LogP contribution in [-0.4, -0.2) is 18.9 Å². The Labute approximate surface area is 64.1 Å². The molecule has 0 N–H and O–H groups in total. The second kappa shape index (κ2) is 1.98. The minimum absolute atomic E-state index is 0.246. The van der Waals surface area contributed by atoms with Crippen LogP contribution in [0, 0.1) is 0 Å². The summed E-state index contributed by atoms with van der Waals surface area (Å²) < 4.78 is 15.0. The summed E-state index contributed by atoms with van der Waals surface area (Å²) in [5.41, 5.74) is -0.246. The van der Waals surface area contributed by atoms with Gasteiger partial charge in [0.1, 0.15) is 5.60 Å². The van der Waals surface area contributed by atoms with E-state index < -0.39 is 0 Å². The Kier molecular flexibility index (Phi) is 1.20. The highest BCUT2D eigenvalue weighted by atomic mass is 16.6. The third-order valence-electron chi connectivity index (χ3n) is 1.80. The summed E-state index contributed by atoms with van der Waals surface area (Å²) in [6.07, 6.45) is 0. The fourth-order valence-corrected chi connectivity index (χ4v) is 0.855. The number of rotatable bonds is 2. The standard InChI is InChI=1S/C7H9NO3/c1-7(4-10-7)5-3-6(9-2)8-11-5/h3H,4H2,1-2H3. The Hall–Kier alpha value is -1.03. The summed E-state index contributed by atoms with van der Waals surface area (Å²) >= 11 is 0. The van der Waals surface area contributed by atoms with Crippen LogP contribution in [0.15, 0.2) is 10.6 Å². The molecule has 0 radical (unpaired) electrons. The molecule has 0 aliphatic carbocycles. The molecular weight excluding hydrogens is 146 g/mol. The lowest BCUT2D eigenvalue weighted by molar-refractivity contribution is 0.252. The zero-order chi connectivity index (χ0) is 7.90. The molecule has 1 aromatic heterocycles. The van der Waals surface area contributed by atoms with Crippen LogP contribution >= 0.6 is 0 Å². The van der Waals surface area contributed by atoms with Gasteiger partial charge in [0.05, 0.1) is 13.7 Å². The van der Waals surface area contributed by atoms with Crippen molar-refractivity contribution in [3.05, 3.63) is 11.8 Å². The highest BCUT2D eigenvalue weighted by Crippen LogP contribution is 2.38. The number of nitrogens with zero attached hydrogens (tertiary/aromatic N) is 1. The van der Waals surface area contributed by atoms with E-state index in [-0.39, 0.29) is 5.60 Å². The number of aromatic nitrogens is 1. The van der Waals surface area contributed by atoms with Gasteiger partial charge < -0.3 is 14.0 Å². The van der Waals surface area contributed by atoms with Crippen molar-refractivity contribution in [2.24, 2.45) is 0 Å². The zero-order valence-electron chi connectivity index (χ0n) is 6.46. The molecule has 1 unspecified atom stereocenters. The normalized spacial score (nSPS) is 28.5. The second-order valence-corrected chi connectivity index (χ2v) is 2.75. The lowest BCUT2D eigenvalue weighted by Gasteiger charge is -1.94. The summed E-state index contributed by atoms with van der Waals surface area (Å²) in [5, 5.41) is 3.66. The lowest BCUT2D eigenvalue weighted by atomic mass is 10.1. The maximum absolute atomic E-state index is 5.15. The van der Waals surface area contributed by atoms with Crippen molar-refractivity contribution >= 4 is 0 Å². The van der Waals surface area contributed by atoms with Crippen LogP contribution in [0.5, 0.6) is 5.88 Å². The van der Waals surface area contributed by atoms with Crippen molar-refractivity contribution in [1.29, 1.82) is 0 Å². The Morgan fingerprint density at radius 1 is 1.73 bits per heavy atom. The maximum atomic E-state index is 5.15. The molecule has 60 valence electrons. The van der Waals surface area contributed by atoms with E-state index in [0.29, 0.717) is 12.5 Å².